The minimum atomic E-state index is -2.16. The first-order chi connectivity index (χ1) is 8.71. The predicted molar refractivity (Wildman–Crippen MR) is 82.8 cm³/mol. The third kappa shape index (κ3) is 3.32. The Hall–Kier alpha value is -0.530. The summed E-state index contributed by atoms with van der Waals surface area (Å²) in [6.45, 7) is 0. The molecule has 0 aliphatic heterocycles. The minimum Gasteiger partial charge on any atom is -0.383 e. The second kappa shape index (κ2) is 6.28. The fourth-order valence-electron chi connectivity index (χ4n) is 1.84. The third-order valence-electron chi connectivity index (χ3n) is 2.52. The molecule has 1 rings (SSSR count). The van der Waals surface area contributed by atoms with Crippen molar-refractivity contribution in [3.63, 3.8) is 0 Å². The lowest BCUT2D eigenvalue weighted by molar-refractivity contribution is 0.339. The van der Waals surface area contributed by atoms with Crippen LogP contribution in [0, 0.1) is 0 Å². The fraction of sp³-hybridized carbons (Fsp3) is 0.600. The number of aromatic nitrogens is 2. The smallest absolute Gasteiger partial charge is 0.383 e. The summed E-state index contributed by atoms with van der Waals surface area (Å²) in [6.07, 6.45) is 1.59. The van der Waals surface area contributed by atoms with Crippen LogP contribution in [0.2, 0.25) is 0 Å². The van der Waals surface area contributed by atoms with Crippen LogP contribution in [0.5, 0.6) is 6.01 Å². The maximum absolute atomic E-state index is 6.09. The molecule has 9 heteroatoms. The molecule has 0 saturated carbocycles. The van der Waals surface area contributed by atoms with Crippen LogP contribution in [0.1, 0.15) is 0 Å². The Morgan fingerprint density at radius 2 is 1.58 bits per heavy atom. The summed E-state index contributed by atoms with van der Waals surface area (Å²) in [7, 11) is 9.64. The van der Waals surface area contributed by atoms with Gasteiger partial charge in [-0.15, -0.1) is 14.0 Å². The van der Waals surface area contributed by atoms with Crippen molar-refractivity contribution in [3.05, 3.63) is 10.7 Å². The van der Waals surface area contributed by atoms with Crippen LogP contribution in [0.3, 0.4) is 0 Å². The maximum Gasteiger partial charge on any atom is 0.421 e. The molecule has 0 fully saturated rings. The number of nitrogens with two attached hydrogens (primary N) is 1. The standard InChI is InChI=1S/C10H21BrN6OP/c1-15(2)19(16(3)4,17(5)6)18-10-13-7-8(11)9(12)14-10/h7H,1-6H3,(H2,12,13,14)/q+1. The zero-order valence-electron chi connectivity index (χ0n) is 12.1. The molecule has 0 unspecified atom stereocenters. The van der Waals surface area contributed by atoms with Crippen LogP contribution in [-0.2, 0) is 0 Å². The van der Waals surface area contributed by atoms with Crippen LogP contribution >= 0.6 is 23.9 Å². The van der Waals surface area contributed by atoms with Crippen molar-refractivity contribution in [2.75, 3.05) is 48.0 Å². The van der Waals surface area contributed by atoms with Gasteiger partial charge in [0.05, 0.1) is 10.7 Å². The minimum absolute atomic E-state index is 0.269. The van der Waals surface area contributed by atoms with Crippen molar-refractivity contribution in [1.82, 2.24) is 24.0 Å². The van der Waals surface area contributed by atoms with Gasteiger partial charge in [-0.05, 0) is 15.9 Å². The lowest BCUT2D eigenvalue weighted by Crippen LogP contribution is -2.39. The summed E-state index contributed by atoms with van der Waals surface area (Å²) < 4.78 is 12.9. The zero-order valence-corrected chi connectivity index (χ0v) is 14.6. The molecule has 0 amide bonds. The zero-order chi connectivity index (χ0) is 14.8. The van der Waals surface area contributed by atoms with Crippen molar-refractivity contribution in [1.29, 1.82) is 0 Å². The molecule has 1 heterocycles. The maximum atomic E-state index is 6.09. The van der Waals surface area contributed by atoms with Gasteiger partial charge in [0.2, 0.25) is 0 Å². The third-order valence-corrected chi connectivity index (χ3v) is 6.66. The van der Waals surface area contributed by atoms with E-state index >= 15 is 0 Å². The molecule has 19 heavy (non-hydrogen) atoms. The number of anilines is 1. The molecule has 0 bridgehead atoms. The summed E-state index contributed by atoms with van der Waals surface area (Å²) in [5.41, 5.74) is 5.76. The van der Waals surface area contributed by atoms with Gasteiger partial charge in [0.25, 0.3) is 0 Å². The van der Waals surface area contributed by atoms with E-state index in [0.29, 0.717) is 10.3 Å². The molecule has 0 aliphatic rings. The Bertz CT molecular complexity index is 420. The van der Waals surface area contributed by atoms with E-state index in [1.54, 1.807) is 6.20 Å². The Morgan fingerprint density at radius 1 is 1.11 bits per heavy atom. The average molecular weight is 352 g/mol. The predicted octanol–water partition coefficient (Wildman–Crippen LogP) is 1.56. The van der Waals surface area contributed by atoms with Crippen molar-refractivity contribution in [2.45, 2.75) is 0 Å². The van der Waals surface area contributed by atoms with Gasteiger partial charge < -0.3 is 5.73 Å². The first-order valence-electron chi connectivity index (χ1n) is 5.62. The normalized spacial score (nSPS) is 12.5. The number of halogens is 1. The molecule has 0 spiro atoms. The Morgan fingerprint density at radius 3 is 1.95 bits per heavy atom. The lowest BCUT2D eigenvalue weighted by Gasteiger charge is -2.35. The van der Waals surface area contributed by atoms with Crippen LogP contribution < -0.4 is 10.3 Å². The quantitative estimate of drug-likeness (QED) is 0.807. The van der Waals surface area contributed by atoms with Crippen molar-refractivity contribution < 1.29 is 4.52 Å². The van der Waals surface area contributed by atoms with Gasteiger partial charge in [0.15, 0.2) is 0 Å². The summed E-state index contributed by atoms with van der Waals surface area (Å²) in [4.78, 5) is 8.31. The molecular weight excluding hydrogens is 331 g/mol. The molecule has 1 aromatic rings. The van der Waals surface area contributed by atoms with E-state index in [9.17, 15) is 0 Å². The van der Waals surface area contributed by atoms with Gasteiger partial charge >= 0.3 is 14.0 Å². The number of hydrogen-bond acceptors (Lipinski definition) is 7. The molecule has 0 aromatic carbocycles. The number of nitrogens with zero attached hydrogens (tertiary/aromatic N) is 5. The molecular formula is C10H21BrN6OP+. The molecule has 0 radical (unpaired) electrons. The van der Waals surface area contributed by atoms with Gasteiger partial charge in [-0.2, -0.15) is 9.97 Å². The number of hydrogen-bond donors (Lipinski definition) is 1. The average Bonchev–Trinajstić information content (AvgIpc) is 2.29. The molecule has 0 saturated heterocycles. The van der Waals surface area contributed by atoms with Gasteiger partial charge in [-0.25, -0.2) is 0 Å². The molecule has 2 N–H and O–H groups in total. The van der Waals surface area contributed by atoms with E-state index in [4.69, 9.17) is 10.3 Å². The molecule has 7 nitrogen and oxygen atoms in total. The summed E-state index contributed by atoms with van der Waals surface area (Å²) in [5.74, 6) is 0.361. The van der Waals surface area contributed by atoms with Crippen molar-refractivity contribution in [2.24, 2.45) is 0 Å². The lowest BCUT2D eigenvalue weighted by atomic mass is 10.6. The first kappa shape index (κ1) is 16.5. The Balaban J connectivity index is 3.17. The van der Waals surface area contributed by atoms with E-state index in [1.165, 1.54) is 0 Å². The van der Waals surface area contributed by atoms with Crippen LogP contribution in [0.25, 0.3) is 0 Å². The highest BCUT2D eigenvalue weighted by Crippen LogP contribution is 2.63. The summed E-state index contributed by atoms with van der Waals surface area (Å²) in [5, 5.41) is 0. The van der Waals surface area contributed by atoms with Gasteiger partial charge in [-0.3, -0.25) is 4.52 Å². The number of rotatable bonds is 5. The van der Waals surface area contributed by atoms with Gasteiger partial charge in [0.1, 0.15) is 5.82 Å². The second-order valence-electron chi connectivity index (χ2n) is 4.53. The second-order valence-corrected chi connectivity index (χ2v) is 9.00. The van der Waals surface area contributed by atoms with Crippen LogP contribution in [0.15, 0.2) is 10.7 Å². The topological polar surface area (TPSA) is 70.7 Å². The highest BCUT2D eigenvalue weighted by Gasteiger charge is 2.53. The largest absolute Gasteiger partial charge is 0.421 e. The summed E-state index contributed by atoms with van der Waals surface area (Å²) in [6, 6.07) is 0.269. The van der Waals surface area contributed by atoms with Crippen LogP contribution in [-0.4, -0.2) is 66.3 Å². The molecule has 0 aliphatic carbocycles. The highest BCUT2D eigenvalue weighted by atomic mass is 79.9. The Kier molecular flexibility index (Phi) is 5.46. The first-order valence-corrected chi connectivity index (χ1v) is 7.97. The highest BCUT2D eigenvalue weighted by molar-refractivity contribution is 9.10. The SMILES string of the molecule is CN(C)[P+](Oc1ncc(Br)c(N)n1)(N(C)C)N(C)C. The number of nitrogen functional groups attached to an aromatic ring is 1. The van der Waals surface area contributed by atoms with Crippen molar-refractivity contribution in [3.8, 4) is 6.01 Å². The molecule has 1 aromatic heterocycles. The van der Waals surface area contributed by atoms with E-state index < -0.39 is 7.94 Å². The summed E-state index contributed by atoms with van der Waals surface area (Å²) >= 11 is 3.27. The molecule has 0 atom stereocenters. The van der Waals surface area contributed by atoms with Crippen LogP contribution in [0.4, 0.5) is 5.82 Å². The molecule has 108 valence electrons. The van der Waals surface area contributed by atoms with E-state index in [1.807, 2.05) is 56.3 Å². The van der Waals surface area contributed by atoms with Gasteiger partial charge in [0, 0.05) is 42.3 Å². The van der Waals surface area contributed by atoms with E-state index in [0.717, 1.165) is 0 Å². The Labute approximate surface area is 123 Å². The van der Waals surface area contributed by atoms with E-state index in [2.05, 4.69) is 25.9 Å². The van der Waals surface area contributed by atoms with Gasteiger partial charge in [-0.1, -0.05) is 0 Å². The van der Waals surface area contributed by atoms with Crippen molar-refractivity contribution >= 4 is 29.7 Å². The fourth-order valence-corrected chi connectivity index (χ4v) is 4.97. The monoisotopic (exact) mass is 351 g/mol. The van der Waals surface area contributed by atoms with E-state index in [-0.39, 0.29) is 6.01 Å².